The van der Waals surface area contributed by atoms with Crippen LogP contribution in [-0.4, -0.2) is 49.7 Å². The van der Waals surface area contributed by atoms with Crippen molar-refractivity contribution in [3.8, 4) is 5.88 Å². The second-order valence-electron chi connectivity index (χ2n) is 5.75. The topological polar surface area (TPSA) is 85.8 Å². The summed E-state index contributed by atoms with van der Waals surface area (Å²) in [5.74, 6) is 2.41. The summed E-state index contributed by atoms with van der Waals surface area (Å²) in [6.07, 6.45) is 3.30. The molecular weight excluding hydrogens is 461 g/mol. The smallest absolute Gasteiger partial charge is 0.216 e. The normalized spacial score (nSPS) is 11.2. The van der Waals surface area contributed by atoms with Gasteiger partial charge >= 0.3 is 0 Å². The number of aromatic nitrogens is 2. The van der Waals surface area contributed by atoms with E-state index in [4.69, 9.17) is 18.9 Å². The molecule has 0 aliphatic heterocycles. The van der Waals surface area contributed by atoms with Crippen molar-refractivity contribution in [3.63, 3.8) is 0 Å². The van der Waals surface area contributed by atoms with Crippen molar-refractivity contribution in [1.29, 1.82) is 0 Å². The first kappa shape index (κ1) is 23.3. The maximum atomic E-state index is 5.48. The molecule has 0 radical (unpaired) electrons. The van der Waals surface area contributed by atoms with Crippen LogP contribution in [0.3, 0.4) is 0 Å². The summed E-state index contributed by atoms with van der Waals surface area (Å²) in [6.45, 7) is 4.57. The number of hydrogen-bond acceptors (Lipinski definition) is 5. The van der Waals surface area contributed by atoms with Gasteiger partial charge in [-0.2, -0.15) is 5.10 Å². The molecule has 2 N–H and O–H groups in total. The summed E-state index contributed by atoms with van der Waals surface area (Å²) >= 11 is 0. The highest BCUT2D eigenvalue weighted by atomic mass is 127. The number of methoxy groups -OCH3 is 2. The largest absolute Gasteiger partial charge is 0.481 e. The Labute approximate surface area is 177 Å². The molecule has 0 amide bonds. The average molecular weight is 491 g/mol. The second kappa shape index (κ2) is 12.6. The molecule has 0 saturated heterocycles. The highest BCUT2D eigenvalue weighted by Crippen LogP contribution is 2.22. The minimum absolute atomic E-state index is 0. The molecule has 152 valence electrons. The van der Waals surface area contributed by atoms with E-state index >= 15 is 0 Å². The highest BCUT2D eigenvalue weighted by molar-refractivity contribution is 14.0. The minimum Gasteiger partial charge on any atom is -0.481 e. The third-order valence-electron chi connectivity index (χ3n) is 3.94. The standard InChI is InChI=1S/C18H29N5O3.HI/c1-5-16-15(17(25-4)23(2)22-16)13-21-18(20-10-12-24-3)19-9-8-14-7-6-11-26-14;/h6-7,11H,5,8-10,12-13H2,1-4H3,(H2,19,20,21);1H. The molecule has 2 heterocycles. The van der Waals surface area contributed by atoms with Crippen LogP contribution in [0.1, 0.15) is 23.9 Å². The van der Waals surface area contributed by atoms with E-state index in [1.807, 2.05) is 19.2 Å². The number of guanidine groups is 1. The van der Waals surface area contributed by atoms with Gasteiger partial charge in [-0.3, -0.25) is 0 Å². The summed E-state index contributed by atoms with van der Waals surface area (Å²) in [7, 11) is 5.21. The number of hydrogen-bond donors (Lipinski definition) is 2. The Morgan fingerprint density at radius 2 is 2.07 bits per heavy atom. The Kier molecular flexibility index (Phi) is 10.9. The first-order chi connectivity index (χ1) is 12.7. The van der Waals surface area contributed by atoms with Crippen LogP contribution in [0.2, 0.25) is 0 Å². The van der Waals surface area contributed by atoms with E-state index in [0.29, 0.717) is 19.7 Å². The van der Waals surface area contributed by atoms with E-state index in [1.165, 1.54) is 0 Å². The van der Waals surface area contributed by atoms with Crippen molar-refractivity contribution in [2.45, 2.75) is 26.3 Å². The maximum absolute atomic E-state index is 5.48. The summed E-state index contributed by atoms with van der Waals surface area (Å²) in [4.78, 5) is 4.69. The van der Waals surface area contributed by atoms with E-state index in [2.05, 4.69) is 22.7 Å². The first-order valence-corrected chi connectivity index (χ1v) is 8.81. The van der Waals surface area contributed by atoms with Gasteiger partial charge in [-0.1, -0.05) is 6.92 Å². The third kappa shape index (κ3) is 7.06. The molecular formula is C18H30IN5O3. The number of aliphatic imine (C=N–C) groups is 1. The van der Waals surface area contributed by atoms with Crippen LogP contribution < -0.4 is 15.4 Å². The molecule has 0 saturated carbocycles. The molecule has 0 bridgehead atoms. The van der Waals surface area contributed by atoms with Crippen LogP contribution >= 0.6 is 24.0 Å². The Hall–Kier alpha value is -1.75. The zero-order valence-electron chi connectivity index (χ0n) is 16.4. The van der Waals surface area contributed by atoms with Crippen LogP contribution in [0, 0.1) is 0 Å². The summed E-state index contributed by atoms with van der Waals surface area (Å²) in [6, 6.07) is 3.85. The van der Waals surface area contributed by atoms with Gasteiger partial charge in [0.25, 0.3) is 0 Å². The van der Waals surface area contributed by atoms with Crippen LogP contribution in [0.15, 0.2) is 27.8 Å². The van der Waals surface area contributed by atoms with Gasteiger partial charge in [0, 0.05) is 33.7 Å². The highest BCUT2D eigenvalue weighted by Gasteiger charge is 2.15. The van der Waals surface area contributed by atoms with Crippen molar-refractivity contribution in [1.82, 2.24) is 20.4 Å². The van der Waals surface area contributed by atoms with E-state index in [-0.39, 0.29) is 24.0 Å². The second-order valence-corrected chi connectivity index (χ2v) is 5.75. The molecule has 2 rings (SSSR count). The summed E-state index contributed by atoms with van der Waals surface area (Å²) in [5.41, 5.74) is 2.01. The SMILES string of the molecule is CCc1nn(C)c(OC)c1CN=C(NCCOC)NCCc1ccco1.I. The Morgan fingerprint density at radius 1 is 1.30 bits per heavy atom. The van der Waals surface area contributed by atoms with Crippen molar-refractivity contribution in [2.24, 2.45) is 12.0 Å². The number of rotatable bonds is 10. The van der Waals surface area contributed by atoms with Gasteiger partial charge in [-0.25, -0.2) is 9.67 Å². The summed E-state index contributed by atoms with van der Waals surface area (Å²) in [5, 5.41) is 11.1. The number of ether oxygens (including phenoxy) is 2. The van der Waals surface area contributed by atoms with Crippen LogP contribution in [0.25, 0.3) is 0 Å². The Bertz CT molecular complexity index is 685. The quantitative estimate of drug-likeness (QED) is 0.229. The fourth-order valence-corrected chi connectivity index (χ4v) is 2.67. The Morgan fingerprint density at radius 3 is 2.70 bits per heavy atom. The molecule has 0 atom stereocenters. The van der Waals surface area contributed by atoms with E-state index in [9.17, 15) is 0 Å². The lowest BCUT2D eigenvalue weighted by Crippen LogP contribution is -2.40. The minimum atomic E-state index is 0. The molecule has 0 aliphatic rings. The number of nitrogens with zero attached hydrogens (tertiary/aromatic N) is 3. The Balaban J connectivity index is 0.00000364. The maximum Gasteiger partial charge on any atom is 0.216 e. The molecule has 9 heteroatoms. The molecule has 0 spiro atoms. The molecule has 27 heavy (non-hydrogen) atoms. The molecule has 2 aromatic rings. The van der Waals surface area contributed by atoms with Gasteiger partial charge in [-0.15, -0.1) is 24.0 Å². The van der Waals surface area contributed by atoms with E-state index < -0.39 is 0 Å². The van der Waals surface area contributed by atoms with Crippen molar-refractivity contribution in [2.75, 3.05) is 33.9 Å². The van der Waals surface area contributed by atoms with Gasteiger partial charge in [0.1, 0.15) is 5.76 Å². The number of halogens is 1. The zero-order chi connectivity index (χ0) is 18.8. The van der Waals surface area contributed by atoms with Gasteiger partial charge < -0.3 is 24.5 Å². The monoisotopic (exact) mass is 491 g/mol. The predicted octanol–water partition coefficient (Wildman–Crippen LogP) is 2.13. The number of furan rings is 1. The number of nitrogens with one attached hydrogen (secondary N) is 2. The van der Waals surface area contributed by atoms with Crippen molar-refractivity contribution >= 4 is 29.9 Å². The van der Waals surface area contributed by atoms with E-state index in [1.54, 1.807) is 25.2 Å². The molecule has 8 nitrogen and oxygen atoms in total. The number of aryl methyl sites for hydroxylation is 2. The third-order valence-corrected chi connectivity index (χ3v) is 3.94. The zero-order valence-corrected chi connectivity index (χ0v) is 18.8. The predicted molar refractivity (Wildman–Crippen MR) is 116 cm³/mol. The van der Waals surface area contributed by atoms with Crippen molar-refractivity contribution < 1.29 is 13.9 Å². The van der Waals surface area contributed by atoms with Gasteiger partial charge in [0.2, 0.25) is 5.88 Å². The lowest BCUT2D eigenvalue weighted by atomic mass is 10.2. The van der Waals surface area contributed by atoms with Crippen molar-refractivity contribution in [3.05, 3.63) is 35.4 Å². The molecule has 2 aromatic heterocycles. The van der Waals surface area contributed by atoms with Gasteiger partial charge in [0.15, 0.2) is 5.96 Å². The fraction of sp³-hybridized carbons (Fsp3) is 0.556. The van der Waals surface area contributed by atoms with Crippen LogP contribution in [0.4, 0.5) is 0 Å². The molecule has 0 aromatic carbocycles. The molecule has 0 unspecified atom stereocenters. The van der Waals surface area contributed by atoms with Gasteiger partial charge in [-0.05, 0) is 18.6 Å². The fourth-order valence-electron chi connectivity index (χ4n) is 2.67. The van der Waals surface area contributed by atoms with Crippen LogP contribution in [-0.2, 0) is 31.2 Å². The lowest BCUT2D eigenvalue weighted by Gasteiger charge is -2.12. The molecule has 0 fully saturated rings. The van der Waals surface area contributed by atoms with Gasteiger partial charge in [0.05, 0.1) is 37.8 Å². The first-order valence-electron chi connectivity index (χ1n) is 8.81. The summed E-state index contributed by atoms with van der Waals surface area (Å²) < 4.78 is 17.7. The average Bonchev–Trinajstić information content (AvgIpc) is 3.26. The molecule has 0 aliphatic carbocycles. The lowest BCUT2D eigenvalue weighted by molar-refractivity contribution is 0.203. The van der Waals surface area contributed by atoms with E-state index in [0.717, 1.165) is 48.2 Å². The van der Waals surface area contributed by atoms with Crippen LogP contribution in [0.5, 0.6) is 5.88 Å².